The van der Waals surface area contributed by atoms with Crippen molar-refractivity contribution in [2.45, 2.75) is 10.8 Å². The molecule has 0 fully saturated rings. The van der Waals surface area contributed by atoms with Gasteiger partial charge in [-0.25, -0.2) is 9.82 Å². The van der Waals surface area contributed by atoms with E-state index in [1.807, 2.05) is 18.2 Å². The Morgan fingerprint density at radius 3 is 2.30 bits per heavy atom. The molecule has 23 heavy (non-hydrogen) atoms. The van der Waals surface area contributed by atoms with Gasteiger partial charge in [0, 0.05) is 17.9 Å². The van der Waals surface area contributed by atoms with Gasteiger partial charge >= 0.3 is 5.69 Å². The number of thioether (sulfide) groups is 1. The summed E-state index contributed by atoms with van der Waals surface area (Å²) in [4.78, 5) is 20.5. The van der Waals surface area contributed by atoms with Crippen LogP contribution in [-0.2, 0) is 10.6 Å². The van der Waals surface area contributed by atoms with Crippen LogP contribution in [-0.4, -0.2) is 31.2 Å². The molecule has 0 spiro atoms. The zero-order valence-electron chi connectivity index (χ0n) is 13.1. The Hall–Kier alpha value is -2.48. The normalized spacial score (nSPS) is 10.2. The largest absolute Gasteiger partial charge is 0.497 e. The van der Waals surface area contributed by atoms with Gasteiger partial charge in [-0.3, -0.25) is 0 Å². The van der Waals surface area contributed by atoms with Crippen LogP contribution in [0.4, 0.5) is 11.5 Å². The van der Waals surface area contributed by atoms with E-state index in [-0.39, 0.29) is 11.5 Å². The van der Waals surface area contributed by atoms with Crippen molar-refractivity contribution in [3.8, 4) is 11.5 Å². The van der Waals surface area contributed by atoms with Crippen molar-refractivity contribution >= 4 is 23.3 Å². The first-order valence-electron chi connectivity index (χ1n) is 6.70. The van der Waals surface area contributed by atoms with Crippen molar-refractivity contribution in [1.82, 2.24) is 4.98 Å². The molecule has 0 bridgehead atoms. The van der Waals surface area contributed by atoms with Crippen LogP contribution in [0.1, 0.15) is 5.56 Å². The highest BCUT2D eigenvalue weighted by atomic mass is 32.2. The lowest BCUT2D eigenvalue weighted by molar-refractivity contribution is -0.736. The van der Waals surface area contributed by atoms with Crippen LogP contribution >= 0.6 is 11.8 Å². The summed E-state index contributed by atoms with van der Waals surface area (Å²) in [7, 11) is 4.49. The minimum atomic E-state index is 0.120. The maximum atomic E-state index is 11.4. The van der Waals surface area contributed by atoms with E-state index in [4.69, 9.17) is 15.2 Å². The van der Waals surface area contributed by atoms with Crippen LogP contribution in [0.15, 0.2) is 35.4 Å². The van der Waals surface area contributed by atoms with Gasteiger partial charge in [0.1, 0.15) is 11.5 Å². The van der Waals surface area contributed by atoms with Crippen molar-refractivity contribution < 1.29 is 19.2 Å². The molecule has 0 amide bonds. The fraction of sp³-hybridized carbons (Fsp3) is 0.267. The molecule has 1 aromatic heterocycles. The van der Waals surface area contributed by atoms with Crippen LogP contribution in [0, 0.1) is 4.91 Å². The Morgan fingerprint density at radius 2 is 1.78 bits per heavy atom. The van der Waals surface area contributed by atoms with E-state index in [2.05, 4.69) is 9.82 Å². The van der Waals surface area contributed by atoms with E-state index in [0.29, 0.717) is 15.7 Å². The molecule has 0 radical (unpaired) electrons. The number of pyridine rings is 1. The van der Waals surface area contributed by atoms with Crippen LogP contribution in [0.25, 0.3) is 0 Å². The number of hydrogen-bond acceptors (Lipinski definition) is 7. The van der Waals surface area contributed by atoms with Gasteiger partial charge in [-0.15, -0.1) is 11.8 Å². The summed E-state index contributed by atoms with van der Waals surface area (Å²) in [6.45, 7) is 0. The number of ether oxygens (including phenoxy) is 2. The first-order chi connectivity index (χ1) is 11.1. The monoisotopic (exact) mass is 336 g/mol. The Bertz CT molecular complexity index is 687. The summed E-state index contributed by atoms with van der Waals surface area (Å²) in [5, 5.41) is 0.706. The lowest BCUT2D eigenvalue weighted by Gasteiger charge is -2.08. The molecule has 1 heterocycles. The van der Waals surface area contributed by atoms with Gasteiger partial charge in [-0.2, -0.15) is 0 Å². The number of nitrogens with zero attached hydrogens (tertiary/aromatic N) is 2. The predicted octanol–water partition coefficient (Wildman–Crippen LogP) is 2.95. The van der Waals surface area contributed by atoms with Crippen molar-refractivity contribution in [2.75, 3.05) is 27.1 Å². The van der Waals surface area contributed by atoms with Gasteiger partial charge in [0.05, 0.1) is 24.2 Å². The first-order valence-corrected chi connectivity index (χ1v) is 7.68. The second kappa shape index (κ2) is 7.68. The van der Waals surface area contributed by atoms with E-state index in [0.717, 1.165) is 17.1 Å². The molecular weight excluding hydrogens is 318 g/mol. The maximum absolute atomic E-state index is 11.4. The zero-order valence-corrected chi connectivity index (χ0v) is 13.9. The molecule has 2 rings (SSSR count). The molecule has 0 aliphatic heterocycles. The fourth-order valence-electron chi connectivity index (χ4n) is 1.89. The number of anilines is 1. The molecule has 1 aromatic carbocycles. The van der Waals surface area contributed by atoms with Crippen LogP contribution in [0.2, 0.25) is 0 Å². The third-order valence-electron chi connectivity index (χ3n) is 3.04. The number of hydrogen-bond donors (Lipinski definition) is 1. The Labute approximate surface area is 138 Å². The highest BCUT2D eigenvalue weighted by molar-refractivity contribution is 7.98. The van der Waals surface area contributed by atoms with Crippen LogP contribution in [0.3, 0.4) is 0 Å². The third kappa shape index (κ3) is 4.26. The van der Waals surface area contributed by atoms with Crippen LogP contribution in [0.5, 0.6) is 11.5 Å². The van der Waals surface area contributed by atoms with E-state index < -0.39 is 0 Å². The quantitative estimate of drug-likeness (QED) is 0.614. The summed E-state index contributed by atoms with van der Waals surface area (Å²) < 4.78 is 10.5. The number of benzene rings is 1. The SMILES string of the molecule is COc1cc(CSc2ccc([N+](=O)OC)c(N)n2)cc(OC)c1. The van der Waals surface area contributed by atoms with E-state index in [1.165, 1.54) is 18.9 Å². The average molecular weight is 336 g/mol. The topological polar surface area (TPSA) is 86.7 Å². The van der Waals surface area contributed by atoms with Gasteiger partial charge in [0.15, 0.2) is 7.11 Å². The molecular formula is C15H18N3O4S+. The van der Waals surface area contributed by atoms with Crippen molar-refractivity contribution in [3.05, 3.63) is 40.8 Å². The number of aromatic nitrogens is 1. The standard InChI is InChI=1S/C15H18N3O4S/c1-20-11-6-10(7-12(8-11)21-2)9-23-14-5-4-13(15(16)17-14)18(19)22-3/h4-8H,9H2,1-3H3,(H2,16,17)/q+1. The van der Waals surface area contributed by atoms with E-state index in [9.17, 15) is 4.91 Å². The molecule has 0 unspecified atom stereocenters. The molecule has 0 aliphatic carbocycles. The highest BCUT2D eigenvalue weighted by Crippen LogP contribution is 2.29. The molecule has 7 nitrogen and oxygen atoms in total. The maximum Gasteiger partial charge on any atom is 0.358 e. The van der Waals surface area contributed by atoms with Crippen molar-refractivity contribution in [1.29, 1.82) is 0 Å². The molecule has 0 saturated carbocycles. The molecule has 2 aromatic rings. The van der Waals surface area contributed by atoms with E-state index in [1.54, 1.807) is 26.4 Å². The zero-order chi connectivity index (χ0) is 16.8. The summed E-state index contributed by atoms with van der Waals surface area (Å²) in [5.41, 5.74) is 6.98. The lowest BCUT2D eigenvalue weighted by atomic mass is 10.2. The smallest absolute Gasteiger partial charge is 0.358 e. The predicted molar refractivity (Wildman–Crippen MR) is 88.1 cm³/mol. The van der Waals surface area contributed by atoms with Crippen molar-refractivity contribution in [3.63, 3.8) is 0 Å². The third-order valence-corrected chi connectivity index (χ3v) is 4.04. The van der Waals surface area contributed by atoms with Crippen LogP contribution < -0.4 is 15.2 Å². The van der Waals surface area contributed by atoms with Crippen molar-refractivity contribution in [2.24, 2.45) is 0 Å². The summed E-state index contributed by atoms with van der Waals surface area (Å²) in [6.07, 6.45) is 0. The molecule has 0 saturated heterocycles. The Kier molecular flexibility index (Phi) is 5.64. The molecule has 8 heteroatoms. The Morgan fingerprint density at radius 1 is 1.13 bits per heavy atom. The molecule has 0 atom stereocenters. The highest BCUT2D eigenvalue weighted by Gasteiger charge is 2.20. The summed E-state index contributed by atoms with van der Waals surface area (Å²) in [6, 6.07) is 8.97. The first kappa shape index (κ1) is 16.9. The van der Waals surface area contributed by atoms with Gasteiger partial charge < -0.3 is 15.2 Å². The fourth-order valence-corrected chi connectivity index (χ4v) is 2.70. The molecule has 0 aliphatic rings. The number of nitrogen functional groups attached to an aromatic ring is 1. The number of rotatable bonds is 7. The summed E-state index contributed by atoms with van der Waals surface area (Å²) in [5.74, 6) is 2.23. The van der Waals surface area contributed by atoms with Gasteiger partial charge in [-0.05, 0) is 23.8 Å². The lowest BCUT2D eigenvalue weighted by Crippen LogP contribution is -2.03. The molecule has 2 N–H and O–H groups in total. The van der Waals surface area contributed by atoms with Gasteiger partial charge in [0.2, 0.25) is 5.82 Å². The second-order valence-corrected chi connectivity index (χ2v) is 5.50. The second-order valence-electron chi connectivity index (χ2n) is 4.50. The minimum Gasteiger partial charge on any atom is -0.497 e. The van der Waals surface area contributed by atoms with Gasteiger partial charge in [0.25, 0.3) is 4.92 Å². The minimum absolute atomic E-state index is 0.120. The number of methoxy groups -OCH3 is 2. The van der Waals surface area contributed by atoms with E-state index >= 15 is 0 Å². The Balaban J connectivity index is 2.12. The average Bonchev–Trinajstić information content (AvgIpc) is 2.58. The molecule has 122 valence electrons. The van der Waals surface area contributed by atoms with Gasteiger partial charge in [-0.1, -0.05) is 0 Å². The summed E-state index contributed by atoms with van der Waals surface area (Å²) >= 11 is 1.49. The number of nitrogens with two attached hydrogens (primary N) is 1.